The molecule has 14 nitrogen and oxygen atoms in total. The molecule has 320 valence electrons. The van der Waals surface area contributed by atoms with E-state index in [1.54, 1.807) is 0 Å². The fourth-order valence-electron chi connectivity index (χ4n) is 6.24. The van der Waals surface area contributed by atoms with Gasteiger partial charge in [0.05, 0.1) is 26.4 Å². The van der Waals surface area contributed by atoms with E-state index in [-0.39, 0.29) is 19.6 Å². The number of rotatable bonds is 30. The maximum Gasteiger partial charge on any atom is 0.306 e. The van der Waals surface area contributed by atoms with Crippen molar-refractivity contribution < 1.29 is 69.0 Å². The summed E-state index contributed by atoms with van der Waals surface area (Å²) in [6, 6.07) is 0. The Labute approximate surface area is 328 Å². The molecule has 14 heteroatoms. The summed E-state index contributed by atoms with van der Waals surface area (Å²) in [4.78, 5) is 12.8. The highest BCUT2D eigenvalue weighted by molar-refractivity contribution is 5.69. The Morgan fingerprint density at radius 2 is 1.18 bits per heavy atom. The molecule has 2 heterocycles. The second-order valence-electron chi connectivity index (χ2n) is 14.4. The van der Waals surface area contributed by atoms with Crippen molar-refractivity contribution in [2.45, 2.75) is 184 Å². The molecule has 11 unspecified atom stereocenters. The van der Waals surface area contributed by atoms with Crippen LogP contribution in [0.5, 0.6) is 0 Å². The standard InChI is InChI=1S/C41H72O14/c1-3-5-7-9-11-12-13-14-15-16-17-18-19-20-22-24-33(43)53-30(27-50-25-23-21-10-8-6-4-2)28-51-40-39(49)37(47)35(45)32(55-40)29-52-41-38(48)36(46)34(44)31(26-42)54-41/h5,7,11-12,14-15,30-32,34-42,44-49H,3-4,6,8-10,13,16-29H2,1-2H3/b7-5-,12-11-,15-14-. The molecule has 0 aromatic heterocycles. The lowest BCUT2D eigenvalue weighted by molar-refractivity contribution is -0.332. The average molecular weight is 789 g/mol. The first kappa shape index (κ1) is 49.4. The minimum atomic E-state index is -1.71. The number of allylic oxidation sites excluding steroid dienone is 6. The Morgan fingerprint density at radius 3 is 1.85 bits per heavy atom. The molecular formula is C41H72O14. The van der Waals surface area contributed by atoms with Gasteiger partial charge in [-0.1, -0.05) is 102 Å². The maximum atomic E-state index is 12.8. The largest absolute Gasteiger partial charge is 0.457 e. The second kappa shape index (κ2) is 30.3. The fourth-order valence-corrected chi connectivity index (χ4v) is 6.24. The Morgan fingerprint density at radius 1 is 0.618 bits per heavy atom. The van der Waals surface area contributed by atoms with Crippen molar-refractivity contribution >= 4 is 5.97 Å². The molecule has 2 rings (SSSR count). The number of hydrogen-bond donors (Lipinski definition) is 7. The summed E-state index contributed by atoms with van der Waals surface area (Å²) in [6.45, 7) is 3.45. The van der Waals surface area contributed by atoms with Gasteiger partial charge in [-0.3, -0.25) is 4.79 Å². The second-order valence-corrected chi connectivity index (χ2v) is 14.4. The maximum absolute atomic E-state index is 12.8. The average Bonchev–Trinajstić information content (AvgIpc) is 3.18. The number of aliphatic hydroxyl groups is 7. The van der Waals surface area contributed by atoms with E-state index in [9.17, 15) is 40.5 Å². The van der Waals surface area contributed by atoms with Gasteiger partial charge in [0.15, 0.2) is 12.6 Å². The predicted molar refractivity (Wildman–Crippen MR) is 206 cm³/mol. The molecule has 11 atom stereocenters. The van der Waals surface area contributed by atoms with E-state index in [0.29, 0.717) is 13.0 Å². The number of aliphatic hydroxyl groups excluding tert-OH is 7. The van der Waals surface area contributed by atoms with Crippen molar-refractivity contribution in [3.05, 3.63) is 36.5 Å². The molecule has 55 heavy (non-hydrogen) atoms. The van der Waals surface area contributed by atoms with Gasteiger partial charge in [0.2, 0.25) is 0 Å². The molecular weight excluding hydrogens is 716 g/mol. The topological polar surface area (TPSA) is 214 Å². The molecule has 0 aromatic carbocycles. The lowest BCUT2D eigenvalue weighted by atomic mass is 9.98. The van der Waals surface area contributed by atoms with Crippen molar-refractivity contribution in [2.75, 3.05) is 33.0 Å². The summed E-state index contributed by atoms with van der Waals surface area (Å²) in [5.41, 5.74) is 0. The number of ether oxygens (including phenoxy) is 6. The number of unbranched alkanes of at least 4 members (excludes halogenated alkanes) is 10. The third-order valence-corrected chi connectivity index (χ3v) is 9.66. The van der Waals surface area contributed by atoms with Gasteiger partial charge in [-0.2, -0.15) is 0 Å². The van der Waals surface area contributed by atoms with Gasteiger partial charge < -0.3 is 64.2 Å². The van der Waals surface area contributed by atoms with Crippen LogP contribution in [0.1, 0.15) is 117 Å². The highest BCUT2D eigenvalue weighted by Crippen LogP contribution is 2.26. The minimum absolute atomic E-state index is 0.0531. The van der Waals surface area contributed by atoms with Gasteiger partial charge in [0.1, 0.15) is 54.9 Å². The van der Waals surface area contributed by atoms with Crippen LogP contribution in [0.25, 0.3) is 0 Å². The lowest BCUT2D eigenvalue weighted by Crippen LogP contribution is -2.61. The molecule has 0 amide bonds. The van der Waals surface area contributed by atoms with Crippen molar-refractivity contribution in [3.8, 4) is 0 Å². The smallest absolute Gasteiger partial charge is 0.306 e. The van der Waals surface area contributed by atoms with Gasteiger partial charge in [-0.15, -0.1) is 0 Å². The van der Waals surface area contributed by atoms with Crippen LogP contribution in [0.2, 0.25) is 0 Å². The van der Waals surface area contributed by atoms with Crippen LogP contribution in [0.3, 0.4) is 0 Å². The molecule has 7 N–H and O–H groups in total. The third kappa shape index (κ3) is 20.0. The van der Waals surface area contributed by atoms with E-state index in [4.69, 9.17) is 28.4 Å². The van der Waals surface area contributed by atoms with Crippen molar-refractivity contribution in [1.82, 2.24) is 0 Å². The highest BCUT2D eigenvalue weighted by atomic mass is 16.7. The highest BCUT2D eigenvalue weighted by Gasteiger charge is 2.47. The molecule has 0 aliphatic carbocycles. The molecule has 0 radical (unpaired) electrons. The quantitative estimate of drug-likeness (QED) is 0.0316. The van der Waals surface area contributed by atoms with Crippen LogP contribution in [-0.4, -0.2) is 142 Å². The van der Waals surface area contributed by atoms with Crippen LogP contribution >= 0.6 is 0 Å². The van der Waals surface area contributed by atoms with Crippen LogP contribution in [0.15, 0.2) is 36.5 Å². The SMILES string of the molecule is CC/C=C\C/C=C\C/C=C\CCCCCCCC(=O)OC(COCCCCCCCC)COC1OC(COC2OC(CO)C(O)C(O)C2O)C(O)C(O)C1O. The molecule has 0 bridgehead atoms. The predicted octanol–water partition coefficient (Wildman–Crippen LogP) is 3.51. The molecule has 2 fully saturated rings. The molecule has 0 aromatic rings. The number of hydrogen-bond acceptors (Lipinski definition) is 14. The first-order valence-corrected chi connectivity index (χ1v) is 20.6. The van der Waals surface area contributed by atoms with Crippen LogP contribution in [0, 0.1) is 0 Å². The first-order chi connectivity index (χ1) is 26.6. The third-order valence-electron chi connectivity index (χ3n) is 9.66. The molecule has 2 aliphatic rings. The zero-order chi connectivity index (χ0) is 40.3. The Balaban J connectivity index is 1.82. The van der Waals surface area contributed by atoms with E-state index in [1.165, 1.54) is 19.3 Å². The van der Waals surface area contributed by atoms with Gasteiger partial charge in [-0.25, -0.2) is 0 Å². The molecule has 2 aliphatic heterocycles. The Bertz CT molecular complexity index is 1050. The zero-order valence-electron chi connectivity index (χ0n) is 33.2. The van der Waals surface area contributed by atoms with Crippen LogP contribution in [0.4, 0.5) is 0 Å². The van der Waals surface area contributed by atoms with E-state index >= 15 is 0 Å². The van der Waals surface area contributed by atoms with Crippen LogP contribution < -0.4 is 0 Å². The van der Waals surface area contributed by atoms with Gasteiger partial charge in [0.25, 0.3) is 0 Å². The van der Waals surface area contributed by atoms with E-state index in [0.717, 1.165) is 70.6 Å². The minimum Gasteiger partial charge on any atom is -0.457 e. The first-order valence-electron chi connectivity index (χ1n) is 20.6. The van der Waals surface area contributed by atoms with Crippen LogP contribution in [-0.2, 0) is 33.2 Å². The number of carbonyl (C=O) groups excluding carboxylic acids is 1. The van der Waals surface area contributed by atoms with E-state index in [2.05, 4.69) is 50.3 Å². The lowest BCUT2D eigenvalue weighted by Gasteiger charge is -2.42. The monoisotopic (exact) mass is 788 g/mol. The summed E-state index contributed by atoms with van der Waals surface area (Å²) in [5.74, 6) is -0.399. The summed E-state index contributed by atoms with van der Waals surface area (Å²) in [7, 11) is 0. The Hall–Kier alpha value is -1.79. The van der Waals surface area contributed by atoms with Crippen molar-refractivity contribution in [3.63, 3.8) is 0 Å². The number of esters is 1. The zero-order valence-corrected chi connectivity index (χ0v) is 33.2. The fraction of sp³-hybridized carbons (Fsp3) is 0.829. The summed E-state index contributed by atoms with van der Waals surface area (Å²) in [5, 5.41) is 71.6. The van der Waals surface area contributed by atoms with Crippen molar-refractivity contribution in [2.24, 2.45) is 0 Å². The van der Waals surface area contributed by atoms with Gasteiger partial charge in [0, 0.05) is 13.0 Å². The summed E-state index contributed by atoms with van der Waals surface area (Å²) in [6.07, 6.45) is 12.5. The van der Waals surface area contributed by atoms with Gasteiger partial charge >= 0.3 is 5.97 Å². The Kier molecular flexibility index (Phi) is 27.2. The molecule has 0 saturated carbocycles. The summed E-state index contributed by atoms with van der Waals surface area (Å²) < 4.78 is 33.9. The van der Waals surface area contributed by atoms with Crippen molar-refractivity contribution in [1.29, 1.82) is 0 Å². The van der Waals surface area contributed by atoms with Gasteiger partial charge in [-0.05, 0) is 44.9 Å². The molecule has 2 saturated heterocycles. The normalized spacial score (nSPS) is 29.5. The van der Waals surface area contributed by atoms with E-state index in [1.807, 2.05) is 0 Å². The van der Waals surface area contributed by atoms with E-state index < -0.39 is 86.7 Å². The molecule has 0 spiro atoms. The summed E-state index contributed by atoms with van der Waals surface area (Å²) >= 11 is 0. The number of carbonyl (C=O) groups is 1.